The molecular formula is C15H14Cl2FN. The highest BCUT2D eigenvalue weighted by Gasteiger charge is 2.10. The van der Waals surface area contributed by atoms with Crippen LogP contribution in [0.2, 0.25) is 10.0 Å². The third kappa shape index (κ3) is 3.69. The van der Waals surface area contributed by atoms with Gasteiger partial charge < -0.3 is 5.32 Å². The van der Waals surface area contributed by atoms with E-state index in [9.17, 15) is 4.39 Å². The van der Waals surface area contributed by atoms with Crippen molar-refractivity contribution >= 4 is 23.2 Å². The van der Waals surface area contributed by atoms with E-state index in [1.54, 1.807) is 12.1 Å². The molecular weight excluding hydrogens is 284 g/mol. The van der Waals surface area contributed by atoms with Gasteiger partial charge in [-0.3, -0.25) is 0 Å². The molecule has 1 nitrogen and oxygen atoms in total. The van der Waals surface area contributed by atoms with Crippen LogP contribution in [0.25, 0.3) is 0 Å². The fourth-order valence-electron chi connectivity index (χ4n) is 1.85. The summed E-state index contributed by atoms with van der Waals surface area (Å²) in [5.41, 5.74) is 1.54. The van der Waals surface area contributed by atoms with Crippen LogP contribution in [0.5, 0.6) is 0 Å². The number of halogens is 3. The summed E-state index contributed by atoms with van der Waals surface area (Å²) in [5.74, 6) is -0.293. The number of nitrogens with one attached hydrogen (secondary N) is 1. The first kappa shape index (κ1) is 14.3. The summed E-state index contributed by atoms with van der Waals surface area (Å²) in [4.78, 5) is 0. The van der Waals surface area contributed by atoms with E-state index in [0.29, 0.717) is 22.2 Å². The molecule has 0 bridgehead atoms. The molecule has 19 heavy (non-hydrogen) atoms. The van der Waals surface area contributed by atoms with E-state index < -0.39 is 0 Å². The Balaban J connectivity index is 2.06. The third-order valence-corrected chi connectivity index (χ3v) is 3.58. The van der Waals surface area contributed by atoms with Gasteiger partial charge in [-0.2, -0.15) is 0 Å². The number of benzene rings is 2. The normalized spacial score (nSPS) is 12.4. The van der Waals surface area contributed by atoms with Gasteiger partial charge in [0.1, 0.15) is 5.82 Å². The van der Waals surface area contributed by atoms with Crippen molar-refractivity contribution < 1.29 is 4.39 Å². The van der Waals surface area contributed by atoms with Crippen molar-refractivity contribution in [1.29, 1.82) is 0 Å². The highest BCUT2D eigenvalue weighted by molar-refractivity contribution is 6.31. The standard InChI is InChI=1S/C15H14Cl2FN/c1-10(11-4-2-5-12(16)8-11)19-9-13-14(17)6-3-7-15(13)18/h2-8,10,19H,9H2,1H3/t10-/m0/s1. The van der Waals surface area contributed by atoms with Crippen molar-refractivity contribution in [3.05, 3.63) is 69.5 Å². The maximum Gasteiger partial charge on any atom is 0.129 e. The van der Waals surface area contributed by atoms with Crippen molar-refractivity contribution in [3.63, 3.8) is 0 Å². The molecule has 0 spiro atoms. The van der Waals surface area contributed by atoms with E-state index in [4.69, 9.17) is 23.2 Å². The Morgan fingerprint density at radius 2 is 1.89 bits per heavy atom. The smallest absolute Gasteiger partial charge is 0.129 e. The molecule has 2 aromatic carbocycles. The summed E-state index contributed by atoms with van der Waals surface area (Å²) in [6, 6.07) is 12.3. The van der Waals surface area contributed by atoms with Crippen molar-refractivity contribution in [2.45, 2.75) is 19.5 Å². The highest BCUT2D eigenvalue weighted by atomic mass is 35.5. The molecule has 0 aliphatic rings. The van der Waals surface area contributed by atoms with E-state index in [1.807, 2.05) is 31.2 Å². The van der Waals surface area contributed by atoms with Crippen molar-refractivity contribution in [1.82, 2.24) is 5.32 Å². The minimum atomic E-state index is -0.293. The molecule has 0 unspecified atom stereocenters. The molecule has 100 valence electrons. The summed E-state index contributed by atoms with van der Waals surface area (Å²) in [7, 11) is 0. The van der Waals surface area contributed by atoms with Crippen molar-refractivity contribution in [3.8, 4) is 0 Å². The lowest BCUT2D eigenvalue weighted by Crippen LogP contribution is -2.19. The van der Waals surface area contributed by atoms with E-state index in [0.717, 1.165) is 5.56 Å². The Hall–Kier alpha value is -1.09. The Kier molecular flexibility index (Phi) is 4.81. The zero-order chi connectivity index (χ0) is 13.8. The molecule has 0 saturated heterocycles. The lowest BCUT2D eigenvalue weighted by Gasteiger charge is -2.15. The van der Waals surface area contributed by atoms with Gasteiger partial charge >= 0.3 is 0 Å². The van der Waals surface area contributed by atoms with Gasteiger partial charge in [0.05, 0.1) is 0 Å². The minimum absolute atomic E-state index is 0.0642. The Labute approximate surface area is 122 Å². The Morgan fingerprint density at radius 1 is 1.16 bits per heavy atom. The van der Waals surface area contributed by atoms with Crippen LogP contribution in [0.3, 0.4) is 0 Å². The zero-order valence-corrected chi connectivity index (χ0v) is 12.0. The molecule has 1 atom stereocenters. The molecule has 2 aromatic rings. The molecule has 1 N–H and O–H groups in total. The second-order valence-electron chi connectivity index (χ2n) is 4.36. The predicted octanol–water partition coefficient (Wildman–Crippen LogP) is 4.98. The predicted molar refractivity (Wildman–Crippen MR) is 78.1 cm³/mol. The maximum atomic E-state index is 13.6. The minimum Gasteiger partial charge on any atom is -0.306 e. The van der Waals surface area contributed by atoms with Crippen LogP contribution in [-0.4, -0.2) is 0 Å². The number of rotatable bonds is 4. The molecule has 0 fully saturated rings. The molecule has 2 rings (SSSR count). The lowest BCUT2D eigenvalue weighted by molar-refractivity contribution is 0.544. The van der Waals surface area contributed by atoms with Gasteiger partial charge in [0.2, 0.25) is 0 Å². The average molecular weight is 298 g/mol. The second kappa shape index (κ2) is 6.38. The zero-order valence-electron chi connectivity index (χ0n) is 10.5. The van der Waals surface area contributed by atoms with Crippen LogP contribution < -0.4 is 5.32 Å². The fraction of sp³-hybridized carbons (Fsp3) is 0.200. The Morgan fingerprint density at radius 3 is 2.58 bits per heavy atom. The average Bonchev–Trinajstić information content (AvgIpc) is 2.38. The topological polar surface area (TPSA) is 12.0 Å². The molecule has 0 aliphatic carbocycles. The largest absolute Gasteiger partial charge is 0.306 e. The summed E-state index contributed by atoms with van der Waals surface area (Å²) in [6.07, 6.45) is 0. The lowest BCUT2D eigenvalue weighted by atomic mass is 10.1. The van der Waals surface area contributed by atoms with Crippen LogP contribution in [0.1, 0.15) is 24.1 Å². The molecule has 0 aliphatic heterocycles. The van der Waals surface area contributed by atoms with Gasteiger partial charge in [-0.05, 0) is 36.8 Å². The van der Waals surface area contributed by atoms with Crippen LogP contribution in [0.4, 0.5) is 4.39 Å². The second-order valence-corrected chi connectivity index (χ2v) is 5.20. The fourth-order valence-corrected chi connectivity index (χ4v) is 2.28. The maximum absolute atomic E-state index is 13.6. The van der Waals surface area contributed by atoms with Gasteiger partial charge in [0.25, 0.3) is 0 Å². The van der Waals surface area contributed by atoms with Gasteiger partial charge in [-0.1, -0.05) is 41.4 Å². The summed E-state index contributed by atoms with van der Waals surface area (Å²) in [6.45, 7) is 2.37. The molecule has 0 radical (unpaired) electrons. The van der Waals surface area contributed by atoms with Crippen LogP contribution in [0, 0.1) is 5.82 Å². The van der Waals surface area contributed by atoms with Crippen molar-refractivity contribution in [2.75, 3.05) is 0 Å². The van der Waals surface area contributed by atoms with Crippen molar-refractivity contribution in [2.24, 2.45) is 0 Å². The summed E-state index contributed by atoms with van der Waals surface area (Å²) >= 11 is 11.9. The van der Waals surface area contributed by atoms with Crippen LogP contribution in [-0.2, 0) is 6.54 Å². The molecule has 0 heterocycles. The van der Waals surface area contributed by atoms with Gasteiger partial charge in [-0.15, -0.1) is 0 Å². The molecule has 0 amide bonds. The first-order chi connectivity index (χ1) is 9.08. The first-order valence-electron chi connectivity index (χ1n) is 5.99. The Bertz CT molecular complexity index is 552. The quantitative estimate of drug-likeness (QED) is 0.839. The summed E-state index contributed by atoms with van der Waals surface area (Å²) in [5, 5.41) is 4.37. The van der Waals surface area contributed by atoms with Gasteiger partial charge in [-0.25, -0.2) is 4.39 Å². The molecule has 0 saturated carbocycles. The first-order valence-corrected chi connectivity index (χ1v) is 6.75. The molecule has 0 aromatic heterocycles. The van der Waals surface area contributed by atoms with E-state index in [1.165, 1.54) is 6.07 Å². The van der Waals surface area contributed by atoms with Gasteiger partial charge in [0, 0.05) is 28.2 Å². The highest BCUT2D eigenvalue weighted by Crippen LogP contribution is 2.21. The monoisotopic (exact) mass is 297 g/mol. The number of hydrogen-bond donors (Lipinski definition) is 1. The number of hydrogen-bond acceptors (Lipinski definition) is 1. The van der Waals surface area contributed by atoms with Crippen LogP contribution in [0.15, 0.2) is 42.5 Å². The SMILES string of the molecule is C[C@H](NCc1c(F)cccc1Cl)c1cccc(Cl)c1. The molecule has 4 heteroatoms. The van der Waals surface area contributed by atoms with E-state index >= 15 is 0 Å². The van der Waals surface area contributed by atoms with E-state index in [-0.39, 0.29) is 11.9 Å². The van der Waals surface area contributed by atoms with E-state index in [2.05, 4.69) is 5.32 Å². The summed E-state index contributed by atoms with van der Waals surface area (Å²) < 4.78 is 13.6. The van der Waals surface area contributed by atoms with Crippen LogP contribution >= 0.6 is 23.2 Å². The van der Waals surface area contributed by atoms with Gasteiger partial charge in [0.15, 0.2) is 0 Å². The third-order valence-electron chi connectivity index (χ3n) is 3.00.